The Bertz CT molecular complexity index is 1030. The molecule has 0 aliphatic heterocycles. The lowest BCUT2D eigenvalue weighted by atomic mass is 10.1. The van der Waals surface area contributed by atoms with Crippen molar-refractivity contribution in [1.82, 2.24) is 4.98 Å². The van der Waals surface area contributed by atoms with Crippen molar-refractivity contribution in [3.8, 4) is 22.8 Å². The second-order valence-corrected chi connectivity index (χ2v) is 7.53. The summed E-state index contributed by atoms with van der Waals surface area (Å²) in [6.45, 7) is 2.07. The summed E-state index contributed by atoms with van der Waals surface area (Å²) >= 11 is 1.43. The van der Waals surface area contributed by atoms with Crippen molar-refractivity contribution in [2.45, 2.75) is 19.5 Å². The normalized spacial score (nSPS) is 11.3. The first-order valence-electron chi connectivity index (χ1n) is 9.31. The van der Waals surface area contributed by atoms with Gasteiger partial charge in [0.2, 0.25) is 0 Å². The van der Waals surface area contributed by atoms with Crippen LogP contribution in [0.3, 0.4) is 0 Å². The molecule has 0 N–H and O–H groups in total. The quantitative estimate of drug-likeness (QED) is 0.435. The van der Waals surface area contributed by atoms with Gasteiger partial charge in [0.25, 0.3) is 0 Å². The van der Waals surface area contributed by atoms with E-state index >= 15 is 0 Å². The monoisotopic (exact) mass is 451 g/mol. The Balaban J connectivity index is 1.53. The highest BCUT2D eigenvalue weighted by molar-refractivity contribution is 7.09. The first-order chi connectivity index (χ1) is 14.8. The smallest absolute Gasteiger partial charge is 0.416 e. The molecule has 3 aromatic rings. The number of aryl methyl sites for hydroxylation is 1. The highest BCUT2D eigenvalue weighted by atomic mass is 32.1. The molecule has 0 unspecified atom stereocenters. The molecule has 0 aliphatic carbocycles. The zero-order valence-electron chi connectivity index (χ0n) is 16.9. The molecule has 1 aromatic heterocycles. The molecule has 0 amide bonds. The number of aromatic nitrogens is 1. The Morgan fingerprint density at radius 1 is 1.10 bits per heavy atom. The molecule has 0 fully saturated rings. The van der Waals surface area contributed by atoms with Gasteiger partial charge in [0.15, 0.2) is 6.61 Å². The van der Waals surface area contributed by atoms with Crippen molar-refractivity contribution < 1.29 is 32.2 Å². The van der Waals surface area contributed by atoms with Gasteiger partial charge in [-0.1, -0.05) is 12.1 Å². The standard InChI is InChI=1S/C22H20F3NO4S/c1-14-11-17(7-8-19(14)30-12-21(27)28-2)29-10-9-20-26-18(13-31-20)15-3-5-16(6-4-15)22(23,24)25/h3-8,11,13H,9-10,12H2,1-2H3. The van der Waals surface area contributed by atoms with Crippen LogP contribution in [0.15, 0.2) is 47.8 Å². The summed E-state index contributed by atoms with van der Waals surface area (Å²) in [5.41, 5.74) is 1.41. The molecular weight excluding hydrogens is 431 g/mol. The molecule has 0 aliphatic rings. The van der Waals surface area contributed by atoms with Gasteiger partial charge in [-0.15, -0.1) is 11.3 Å². The Kier molecular flexibility index (Phi) is 7.17. The Morgan fingerprint density at radius 2 is 1.84 bits per heavy atom. The average molecular weight is 451 g/mol. The van der Waals surface area contributed by atoms with Crippen LogP contribution in [0.2, 0.25) is 0 Å². The molecule has 0 saturated carbocycles. The van der Waals surface area contributed by atoms with Gasteiger partial charge in [0.05, 0.1) is 30.0 Å². The van der Waals surface area contributed by atoms with E-state index in [1.54, 1.807) is 12.1 Å². The van der Waals surface area contributed by atoms with Gasteiger partial charge in [-0.05, 0) is 42.8 Å². The van der Waals surface area contributed by atoms with Crippen LogP contribution in [0.25, 0.3) is 11.3 Å². The Hall–Kier alpha value is -3.07. The van der Waals surface area contributed by atoms with E-state index in [0.717, 1.165) is 22.7 Å². The minimum Gasteiger partial charge on any atom is -0.493 e. The Morgan fingerprint density at radius 3 is 2.48 bits per heavy atom. The van der Waals surface area contributed by atoms with Gasteiger partial charge in [0.1, 0.15) is 11.5 Å². The molecule has 9 heteroatoms. The number of carbonyl (C=O) groups excluding carboxylic acids is 1. The second-order valence-electron chi connectivity index (χ2n) is 6.59. The number of thiazole rings is 1. The van der Waals surface area contributed by atoms with Crippen molar-refractivity contribution >= 4 is 17.3 Å². The molecular formula is C22H20F3NO4S. The number of carbonyl (C=O) groups is 1. The molecule has 0 bridgehead atoms. The maximum atomic E-state index is 12.7. The number of nitrogens with zero attached hydrogens (tertiary/aromatic N) is 1. The van der Waals surface area contributed by atoms with Crippen LogP contribution in [0.4, 0.5) is 13.2 Å². The molecule has 5 nitrogen and oxygen atoms in total. The molecule has 0 atom stereocenters. The van der Waals surface area contributed by atoms with E-state index < -0.39 is 17.7 Å². The van der Waals surface area contributed by atoms with Gasteiger partial charge in [-0.3, -0.25) is 0 Å². The third-order valence-corrected chi connectivity index (χ3v) is 5.27. The molecule has 2 aromatic carbocycles. The number of halogens is 3. The fraction of sp³-hybridized carbons (Fsp3) is 0.273. The largest absolute Gasteiger partial charge is 0.493 e. The number of ether oxygens (including phenoxy) is 3. The lowest BCUT2D eigenvalue weighted by Gasteiger charge is -2.10. The van der Waals surface area contributed by atoms with E-state index in [2.05, 4.69) is 9.72 Å². The number of benzene rings is 2. The Labute approximate surface area is 181 Å². The van der Waals surface area contributed by atoms with Crippen LogP contribution < -0.4 is 9.47 Å². The highest BCUT2D eigenvalue weighted by Crippen LogP contribution is 2.31. The van der Waals surface area contributed by atoms with E-state index in [9.17, 15) is 18.0 Å². The summed E-state index contributed by atoms with van der Waals surface area (Å²) in [5.74, 6) is 0.764. The van der Waals surface area contributed by atoms with Gasteiger partial charge in [-0.25, -0.2) is 9.78 Å². The first kappa shape index (κ1) is 22.6. The van der Waals surface area contributed by atoms with Crippen LogP contribution in [0.5, 0.6) is 11.5 Å². The molecule has 1 heterocycles. The third kappa shape index (κ3) is 6.21. The lowest BCUT2D eigenvalue weighted by molar-refractivity contribution is -0.143. The van der Waals surface area contributed by atoms with Crippen molar-refractivity contribution in [3.63, 3.8) is 0 Å². The van der Waals surface area contributed by atoms with E-state index in [1.807, 2.05) is 18.4 Å². The summed E-state index contributed by atoms with van der Waals surface area (Å²) in [4.78, 5) is 15.6. The molecule has 31 heavy (non-hydrogen) atoms. The summed E-state index contributed by atoms with van der Waals surface area (Å²) in [6.07, 6.45) is -3.79. The fourth-order valence-electron chi connectivity index (χ4n) is 2.71. The second kappa shape index (κ2) is 9.82. The summed E-state index contributed by atoms with van der Waals surface area (Å²) in [5, 5.41) is 2.64. The number of alkyl halides is 3. The predicted octanol–water partition coefficient (Wildman–Crippen LogP) is 5.31. The summed E-state index contributed by atoms with van der Waals surface area (Å²) < 4.78 is 53.7. The van der Waals surface area contributed by atoms with Crippen LogP contribution in [0.1, 0.15) is 16.1 Å². The summed E-state index contributed by atoms with van der Waals surface area (Å²) in [6, 6.07) is 10.2. The van der Waals surface area contributed by atoms with E-state index in [-0.39, 0.29) is 6.61 Å². The predicted molar refractivity (Wildman–Crippen MR) is 110 cm³/mol. The maximum absolute atomic E-state index is 12.7. The number of rotatable bonds is 8. The van der Waals surface area contributed by atoms with E-state index in [0.29, 0.717) is 35.8 Å². The van der Waals surface area contributed by atoms with Crippen molar-refractivity contribution in [2.75, 3.05) is 20.3 Å². The fourth-order valence-corrected chi connectivity index (χ4v) is 3.50. The van der Waals surface area contributed by atoms with Gasteiger partial charge in [-0.2, -0.15) is 13.2 Å². The minimum absolute atomic E-state index is 0.164. The average Bonchev–Trinajstić information content (AvgIpc) is 3.21. The number of hydrogen-bond acceptors (Lipinski definition) is 6. The highest BCUT2D eigenvalue weighted by Gasteiger charge is 2.30. The lowest BCUT2D eigenvalue weighted by Crippen LogP contribution is -2.13. The van der Waals surface area contributed by atoms with Crippen LogP contribution >= 0.6 is 11.3 Å². The van der Waals surface area contributed by atoms with Crippen LogP contribution in [-0.4, -0.2) is 31.3 Å². The topological polar surface area (TPSA) is 57.7 Å². The molecule has 0 radical (unpaired) electrons. The zero-order valence-corrected chi connectivity index (χ0v) is 17.7. The van der Waals surface area contributed by atoms with Crippen molar-refractivity contribution in [1.29, 1.82) is 0 Å². The van der Waals surface area contributed by atoms with Crippen LogP contribution in [-0.2, 0) is 22.1 Å². The molecule has 3 rings (SSSR count). The number of methoxy groups -OCH3 is 1. The van der Waals surface area contributed by atoms with Gasteiger partial charge < -0.3 is 14.2 Å². The third-order valence-electron chi connectivity index (χ3n) is 4.36. The maximum Gasteiger partial charge on any atom is 0.416 e. The van der Waals surface area contributed by atoms with E-state index in [1.165, 1.54) is 30.6 Å². The van der Waals surface area contributed by atoms with Crippen molar-refractivity contribution in [2.24, 2.45) is 0 Å². The summed E-state index contributed by atoms with van der Waals surface area (Å²) in [7, 11) is 1.30. The number of hydrogen-bond donors (Lipinski definition) is 0. The molecule has 164 valence electrons. The SMILES string of the molecule is COC(=O)COc1ccc(OCCc2nc(-c3ccc(C(F)(F)F)cc3)cs2)cc1C. The zero-order chi connectivity index (χ0) is 22.4. The molecule has 0 saturated heterocycles. The first-order valence-corrected chi connectivity index (χ1v) is 10.2. The van der Waals surface area contributed by atoms with E-state index in [4.69, 9.17) is 9.47 Å². The number of esters is 1. The van der Waals surface area contributed by atoms with Gasteiger partial charge >= 0.3 is 12.1 Å². The van der Waals surface area contributed by atoms with Crippen molar-refractivity contribution in [3.05, 3.63) is 64.0 Å². The minimum atomic E-state index is -4.35. The van der Waals surface area contributed by atoms with Gasteiger partial charge in [0, 0.05) is 17.4 Å². The van der Waals surface area contributed by atoms with Crippen LogP contribution in [0, 0.1) is 6.92 Å². The molecule has 0 spiro atoms.